The quantitative estimate of drug-likeness (QED) is 0.0431. The smallest absolute Gasteiger partial charge is 0.338 e. The van der Waals surface area contributed by atoms with Crippen LogP contribution in [0.25, 0.3) is 10.9 Å². The van der Waals surface area contributed by atoms with Crippen LogP contribution in [-0.2, 0) is 22.7 Å². The SMILES string of the molecule is Cc1cc(CNCC(O)c2ccc(O)c3[nH]c(=O)ccc23)ccc1OCCOC(=O)c1ccc(COc2cccc(C(NC=O)c3ccccc3)c2)cc1. The molecule has 1 aromatic heterocycles. The summed E-state index contributed by atoms with van der Waals surface area (Å²) < 4.78 is 17.3. The number of phenols is 1. The molecule has 276 valence electrons. The number of hydrogen-bond acceptors (Lipinski definition) is 9. The van der Waals surface area contributed by atoms with Gasteiger partial charge in [0.25, 0.3) is 0 Å². The van der Waals surface area contributed by atoms with E-state index in [0.717, 1.165) is 27.8 Å². The average molecular weight is 728 g/mol. The summed E-state index contributed by atoms with van der Waals surface area (Å²) in [6, 6.07) is 35.8. The molecule has 1 amide bonds. The lowest BCUT2D eigenvalue weighted by Gasteiger charge is -2.18. The molecule has 0 fully saturated rings. The van der Waals surface area contributed by atoms with Crippen LogP contribution in [0.5, 0.6) is 17.2 Å². The molecule has 0 saturated heterocycles. The molecule has 6 aromatic rings. The Balaban J connectivity index is 0.924. The third kappa shape index (κ3) is 9.51. The molecule has 0 radical (unpaired) electrons. The first-order valence-electron chi connectivity index (χ1n) is 17.5. The van der Waals surface area contributed by atoms with Crippen LogP contribution in [0.2, 0.25) is 0 Å². The second kappa shape index (κ2) is 17.9. The summed E-state index contributed by atoms with van der Waals surface area (Å²) in [5, 5.41) is 27.6. The van der Waals surface area contributed by atoms with Crippen molar-refractivity contribution in [1.82, 2.24) is 15.6 Å². The van der Waals surface area contributed by atoms with Gasteiger partial charge < -0.3 is 40.0 Å². The van der Waals surface area contributed by atoms with Gasteiger partial charge in [-0.25, -0.2) is 4.79 Å². The van der Waals surface area contributed by atoms with Gasteiger partial charge in [-0.3, -0.25) is 9.59 Å². The maximum absolute atomic E-state index is 12.7. The highest BCUT2D eigenvalue weighted by Crippen LogP contribution is 2.29. The number of aliphatic hydroxyl groups excluding tert-OH is 1. The minimum Gasteiger partial charge on any atom is -0.506 e. The van der Waals surface area contributed by atoms with E-state index in [0.29, 0.717) is 53.1 Å². The lowest BCUT2D eigenvalue weighted by atomic mass is 9.99. The number of H-pyrrole nitrogens is 1. The van der Waals surface area contributed by atoms with Gasteiger partial charge in [0, 0.05) is 24.5 Å². The largest absolute Gasteiger partial charge is 0.506 e. The highest BCUT2D eigenvalue weighted by atomic mass is 16.6. The molecule has 5 aromatic carbocycles. The number of nitrogens with one attached hydrogen (secondary N) is 3. The number of benzene rings is 5. The van der Waals surface area contributed by atoms with Crippen LogP contribution < -0.4 is 25.7 Å². The molecule has 0 saturated carbocycles. The van der Waals surface area contributed by atoms with Crippen LogP contribution in [-0.4, -0.2) is 47.3 Å². The number of aromatic nitrogens is 1. The number of aliphatic hydroxyl groups is 1. The fourth-order valence-corrected chi connectivity index (χ4v) is 6.15. The number of aryl methyl sites for hydroxylation is 1. The molecule has 2 unspecified atom stereocenters. The predicted octanol–water partition coefficient (Wildman–Crippen LogP) is 6.02. The van der Waals surface area contributed by atoms with Gasteiger partial charge in [0.05, 0.1) is 23.2 Å². The Bertz CT molecular complexity index is 2260. The maximum atomic E-state index is 12.7. The topological polar surface area (TPSA) is 159 Å². The monoisotopic (exact) mass is 727 g/mol. The van der Waals surface area contributed by atoms with E-state index in [2.05, 4.69) is 15.6 Å². The summed E-state index contributed by atoms with van der Waals surface area (Å²) in [6.07, 6.45) is -0.170. The first-order valence-corrected chi connectivity index (χ1v) is 17.5. The van der Waals surface area contributed by atoms with Crippen molar-refractivity contribution < 1.29 is 34.0 Å². The summed E-state index contributed by atoms with van der Waals surface area (Å²) >= 11 is 0. The number of hydrogen-bond donors (Lipinski definition) is 5. The van der Waals surface area contributed by atoms with Crippen LogP contribution in [0, 0.1) is 6.92 Å². The summed E-state index contributed by atoms with van der Waals surface area (Å²) in [4.78, 5) is 38.3. The normalized spacial score (nSPS) is 12.1. The van der Waals surface area contributed by atoms with Gasteiger partial charge >= 0.3 is 5.97 Å². The van der Waals surface area contributed by atoms with E-state index in [9.17, 15) is 24.6 Å². The highest BCUT2D eigenvalue weighted by molar-refractivity contribution is 5.89. The fourth-order valence-electron chi connectivity index (χ4n) is 6.15. The molecule has 11 heteroatoms. The summed E-state index contributed by atoms with van der Waals surface area (Å²) in [6.45, 7) is 3.23. The zero-order valence-electron chi connectivity index (χ0n) is 29.7. The molecule has 0 aliphatic rings. The van der Waals surface area contributed by atoms with Gasteiger partial charge in [-0.05, 0) is 82.8 Å². The van der Waals surface area contributed by atoms with E-state index in [1.807, 2.05) is 91.9 Å². The number of aromatic hydroxyl groups is 1. The van der Waals surface area contributed by atoms with Crippen molar-refractivity contribution in [3.8, 4) is 17.2 Å². The van der Waals surface area contributed by atoms with Crippen LogP contribution in [0.1, 0.15) is 55.9 Å². The van der Waals surface area contributed by atoms with Gasteiger partial charge in [0.2, 0.25) is 12.0 Å². The van der Waals surface area contributed by atoms with E-state index in [1.54, 1.807) is 24.3 Å². The van der Waals surface area contributed by atoms with E-state index in [1.165, 1.54) is 12.1 Å². The zero-order chi connectivity index (χ0) is 37.9. The average Bonchev–Trinajstić information content (AvgIpc) is 3.19. The third-order valence-corrected chi connectivity index (χ3v) is 8.90. The molecule has 54 heavy (non-hydrogen) atoms. The Morgan fingerprint density at radius 1 is 0.833 bits per heavy atom. The molecule has 0 bridgehead atoms. The first-order chi connectivity index (χ1) is 26.3. The Morgan fingerprint density at radius 3 is 2.39 bits per heavy atom. The van der Waals surface area contributed by atoms with E-state index in [4.69, 9.17) is 14.2 Å². The first kappa shape index (κ1) is 37.3. The van der Waals surface area contributed by atoms with Crippen LogP contribution in [0.15, 0.2) is 126 Å². The number of esters is 1. The lowest BCUT2D eigenvalue weighted by Crippen LogP contribution is -2.21. The van der Waals surface area contributed by atoms with Crippen molar-refractivity contribution in [1.29, 1.82) is 0 Å². The van der Waals surface area contributed by atoms with Crippen LogP contribution in [0.3, 0.4) is 0 Å². The van der Waals surface area contributed by atoms with E-state index in [-0.39, 0.29) is 37.1 Å². The van der Waals surface area contributed by atoms with Crippen molar-refractivity contribution in [3.05, 3.63) is 171 Å². The summed E-state index contributed by atoms with van der Waals surface area (Å²) in [5.41, 5.74) is 5.60. The Kier molecular flexibility index (Phi) is 12.4. The Labute approximate surface area is 312 Å². The minimum atomic E-state index is -0.862. The van der Waals surface area contributed by atoms with Gasteiger partial charge in [-0.1, -0.05) is 72.8 Å². The molecule has 5 N–H and O–H groups in total. The minimum absolute atomic E-state index is 0.0560. The number of rotatable bonds is 17. The van der Waals surface area contributed by atoms with Gasteiger partial charge in [0.1, 0.15) is 37.1 Å². The number of carbonyl (C=O) groups is 2. The van der Waals surface area contributed by atoms with E-state index < -0.39 is 12.1 Å². The Hall–Kier alpha value is -6.43. The molecular formula is C43H41N3O8. The van der Waals surface area contributed by atoms with E-state index >= 15 is 0 Å². The third-order valence-electron chi connectivity index (χ3n) is 8.90. The molecule has 0 aliphatic carbocycles. The molecule has 2 atom stereocenters. The number of amides is 1. The number of aromatic amines is 1. The molecule has 1 heterocycles. The van der Waals surface area contributed by atoms with Crippen molar-refractivity contribution in [2.24, 2.45) is 0 Å². The predicted molar refractivity (Wildman–Crippen MR) is 205 cm³/mol. The standard InChI is InChI=1S/C43H41N3O8/c1-28-22-30(24-44-25-38(49)35-15-17-37(48)42-36(35)16-19-40(50)46-42)12-18-39(28)52-20-21-53-43(51)32-13-10-29(11-14-32)26-54-34-9-5-8-33(23-34)41(45-27-47)31-6-3-2-4-7-31/h2-19,22-23,27,38,41,44,48-49H,20-21,24-26H2,1H3,(H,45,47)(H,46,50). The summed E-state index contributed by atoms with van der Waals surface area (Å²) in [5.74, 6) is 0.815. The molecule has 6 rings (SSSR count). The van der Waals surface area contributed by atoms with Crippen molar-refractivity contribution >= 4 is 23.3 Å². The van der Waals surface area contributed by atoms with Crippen molar-refractivity contribution in [3.63, 3.8) is 0 Å². The molecule has 11 nitrogen and oxygen atoms in total. The number of phenolic OH excluding ortho intramolecular Hbond substituents is 1. The van der Waals surface area contributed by atoms with Crippen LogP contribution >= 0.6 is 0 Å². The second-order valence-electron chi connectivity index (χ2n) is 12.7. The number of fused-ring (bicyclic) bond motifs is 1. The van der Waals surface area contributed by atoms with Crippen LogP contribution in [0.4, 0.5) is 0 Å². The lowest BCUT2D eigenvalue weighted by molar-refractivity contribution is -0.110. The fraction of sp³-hybridized carbons (Fsp3) is 0.186. The molecule has 0 spiro atoms. The summed E-state index contributed by atoms with van der Waals surface area (Å²) in [7, 11) is 0. The Morgan fingerprint density at radius 2 is 1.61 bits per heavy atom. The molecule has 0 aliphatic heterocycles. The number of pyridine rings is 1. The highest BCUT2D eigenvalue weighted by Gasteiger charge is 2.16. The van der Waals surface area contributed by atoms with Gasteiger partial charge in [0.15, 0.2) is 0 Å². The maximum Gasteiger partial charge on any atom is 0.338 e. The molecular weight excluding hydrogens is 686 g/mol. The van der Waals surface area contributed by atoms with Gasteiger partial charge in [-0.15, -0.1) is 0 Å². The van der Waals surface area contributed by atoms with Crippen molar-refractivity contribution in [2.45, 2.75) is 32.2 Å². The number of carbonyl (C=O) groups excluding carboxylic acids is 2. The van der Waals surface area contributed by atoms with Gasteiger partial charge in [-0.2, -0.15) is 0 Å². The zero-order valence-corrected chi connectivity index (χ0v) is 29.7. The van der Waals surface area contributed by atoms with Crippen molar-refractivity contribution in [2.75, 3.05) is 19.8 Å². The number of ether oxygens (including phenoxy) is 3. The second-order valence-corrected chi connectivity index (χ2v) is 12.7.